The minimum Gasteiger partial charge on any atom is -0.366 e. The van der Waals surface area contributed by atoms with Crippen molar-refractivity contribution in [2.24, 2.45) is 11.1 Å². The molecule has 0 spiro atoms. The van der Waals surface area contributed by atoms with E-state index in [1.807, 2.05) is 27.7 Å². The number of benzene rings is 1. The third-order valence-corrected chi connectivity index (χ3v) is 6.41. The van der Waals surface area contributed by atoms with Crippen LogP contribution in [0.15, 0.2) is 30.6 Å². The molecule has 34 heavy (non-hydrogen) atoms. The molecular formula is C26H37N7O. The molecule has 0 aliphatic heterocycles. The summed E-state index contributed by atoms with van der Waals surface area (Å²) in [5.41, 5.74) is 12.5. The lowest BCUT2D eigenvalue weighted by Crippen LogP contribution is -2.37. The Morgan fingerprint density at radius 3 is 2.74 bits per heavy atom. The lowest BCUT2D eigenvalue weighted by molar-refractivity contribution is 0.100. The zero-order valence-corrected chi connectivity index (χ0v) is 21.2. The average molecular weight is 464 g/mol. The highest BCUT2D eigenvalue weighted by atomic mass is 16.1. The van der Waals surface area contributed by atoms with Gasteiger partial charge in [-0.3, -0.25) is 9.48 Å². The molecule has 2 heterocycles. The van der Waals surface area contributed by atoms with Crippen molar-refractivity contribution < 1.29 is 4.79 Å². The molecule has 4 N–H and O–H groups in total. The van der Waals surface area contributed by atoms with Crippen LogP contribution in [0.2, 0.25) is 0 Å². The summed E-state index contributed by atoms with van der Waals surface area (Å²) >= 11 is 0. The smallest absolute Gasteiger partial charge is 0.250 e. The molecule has 0 fully saturated rings. The minimum absolute atomic E-state index is 0.0598. The van der Waals surface area contributed by atoms with E-state index in [9.17, 15) is 4.79 Å². The van der Waals surface area contributed by atoms with E-state index in [4.69, 9.17) is 10.8 Å². The Balaban J connectivity index is 1.61. The van der Waals surface area contributed by atoms with E-state index in [0.717, 1.165) is 49.4 Å². The van der Waals surface area contributed by atoms with E-state index in [2.05, 4.69) is 57.3 Å². The molecule has 0 saturated carbocycles. The Morgan fingerprint density at radius 2 is 2.03 bits per heavy atom. The van der Waals surface area contributed by atoms with Gasteiger partial charge in [-0.05, 0) is 76.1 Å². The van der Waals surface area contributed by atoms with Crippen LogP contribution >= 0.6 is 0 Å². The number of hydrogen-bond donors (Lipinski definition) is 3. The van der Waals surface area contributed by atoms with Gasteiger partial charge in [0.1, 0.15) is 0 Å². The van der Waals surface area contributed by atoms with Crippen LogP contribution < -0.4 is 16.4 Å². The highest BCUT2D eigenvalue weighted by Crippen LogP contribution is 2.37. The number of nitrogens with zero attached hydrogens (tertiary/aromatic N) is 4. The van der Waals surface area contributed by atoms with Gasteiger partial charge in [-0.25, -0.2) is 4.68 Å². The Hall–Kier alpha value is -3.13. The monoisotopic (exact) mass is 463 g/mol. The number of nitrogens with two attached hydrogens (primary N) is 1. The van der Waals surface area contributed by atoms with Gasteiger partial charge in [-0.1, -0.05) is 13.8 Å². The molecular weight excluding hydrogens is 426 g/mol. The molecule has 0 bridgehead atoms. The number of nitrogens with one attached hydrogen (secondary N) is 2. The fourth-order valence-corrected chi connectivity index (χ4v) is 4.57. The van der Waals surface area contributed by atoms with E-state index in [0.29, 0.717) is 11.3 Å². The Bertz CT molecular complexity index is 1200. The Kier molecular flexibility index (Phi) is 6.29. The minimum atomic E-state index is -0.476. The Morgan fingerprint density at radius 1 is 1.26 bits per heavy atom. The quantitative estimate of drug-likeness (QED) is 0.489. The van der Waals surface area contributed by atoms with Gasteiger partial charge >= 0.3 is 0 Å². The van der Waals surface area contributed by atoms with Gasteiger partial charge in [0.05, 0.1) is 41.1 Å². The number of amides is 1. The van der Waals surface area contributed by atoms with E-state index in [1.54, 1.807) is 12.3 Å². The normalized spacial score (nSPS) is 15.2. The summed E-state index contributed by atoms with van der Waals surface area (Å²) in [6, 6.07) is 5.64. The molecule has 1 aliphatic rings. The van der Waals surface area contributed by atoms with Crippen LogP contribution in [0.4, 0.5) is 11.4 Å². The summed E-state index contributed by atoms with van der Waals surface area (Å²) in [7, 11) is 0. The number of rotatable bonds is 7. The fraction of sp³-hybridized carbons (Fsp3) is 0.500. The van der Waals surface area contributed by atoms with Crippen molar-refractivity contribution in [2.45, 2.75) is 72.9 Å². The molecule has 182 valence electrons. The molecule has 1 aromatic carbocycles. The first-order valence-corrected chi connectivity index (χ1v) is 12.0. The SMILES string of the molecule is Cc1nn(-c2ccc(C(N)=O)c(Nc3cnn(CCNC(C)(C)C)c3)c2)c2c1CCC(C)(C)C2. The summed E-state index contributed by atoms with van der Waals surface area (Å²) in [6.45, 7) is 14.7. The van der Waals surface area contributed by atoms with Crippen LogP contribution in [0.25, 0.3) is 5.69 Å². The predicted octanol–water partition coefficient (Wildman–Crippen LogP) is 4.12. The highest BCUT2D eigenvalue weighted by Gasteiger charge is 2.30. The van der Waals surface area contributed by atoms with E-state index < -0.39 is 5.91 Å². The number of aromatic nitrogens is 4. The van der Waals surface area contributed by atoms with E-state index in [1.165, 1.54) is 11.3 Å². The maximum Gasteiger partial charge on any atom is 0.250 e. The largest absolute Gasteiger partial charge is 0.366 e. The highest BCUT2D eigenvalue weighted by molar-refractivity contribution is 5.99. The van der Waals surface area contributed by atoms with E-state index >= 15 is 0 Å². The van der Waals surface area contributed by atoms with Crippen LogP contribution in [0, 0.1) is 12.3 Å². The van der Waals surface area contributed by atoms with Crippen molar-refractivity contribution in [1.29, 1.82) is 0 Å². The van der Waals surface area contributed by atoms with Gasteiger partial charge in [0.25, 0.3) is 5.91 Å². The van der Waals surface area contributed by atoms with E-state index in [-0.39, 0.29) is 11.0 Å². The molecule has 0 saturated heterocycles. The fourth-order valence-electron chi connectivity index (χ4n) is 4.57. The molecule has 0 unspecified atom stereocenters. The first-order valence-electron chi connectivity index (χ1n) is 12.0. The molecule has 4 rings (SSSR count). The maximum atomic E-state index is 12.2. The summed E-state index contributed by atoms with van der Waals surface area (Å²) in [5, 5.41) is 16.1. The first kappa shape index (κ1) is 24.0. The molecule has 8 heteroatoms. The van der Waals surface area contributed by atoms with Gasteiger partial charge in [-0.2, -0.15) is 10.2 Å². The standard InChI is InChI=1S/C26H37N7O/c1-17-20-9-10-26(5,6)14-23(20)33(31-17)19-7-8-21(24(27)34)22(13-19)30-18-15-29-32(16-18)12-11-28-25(2,3)4/h7-8,13,15-16,28,30H,9-12,14H2,1-6H3,(H2,27,34). The van der Waals surface area contributed by atoms with Gasteiger partial charge in [0, 0.05) is 24.0 Å². The first-order chi connectivity index (χ1) is 15.9. The maximum absolute atomic E-state index is 12.2. The van der Waals surface area contributed by atoms with Gasteiger partial charge < -0.3 is 16.4 Å². The van der Waals surface area contributed by atoms with Crippen LogP contribution in [0.1, 0.15) is 68.3 Å². The third-order valence-electron chi connectivity index (χ3n) is 6.41. The Labute approximate surface area is 201 Å². The van der Waals surface area contributed by atoms with Crippen molar-refractivity contribution in [3.8, 4) is 5.69 Å². The molecule has 8 nitrogen and oxygen atoms in total. The summed E-state index contributed by atoms with van der Waals surface area (Å²) < 4.78 is 3.91. The summed E-state index contributed by atoms with van der Waals surface area (Å²) in [4.78, 5) is 12.2. The lowest BCUT2D eigenvalue weighted by Gasteiger charge is -2.30. The van der Waals surface area contributed by atoms with Crippen LogP contribution in [-0.2, 0) is 19.4 Å². The van der Waals surface area contributed by atoms with Crippen molar-refractivity contribution in [3.63, 3.8) is 0 Å². The molecule has 1 amide bonds. The second kappa shape index (κ2) is 8.91. The number of fused-ring (bicyclic) bond motifs is 1. The van der Waals surface area contributed by atoms with Crippen molar-refractivity contribution in [3.05, 3.63) is 53.1 Å². The van der Waals surface area contributed by atoms with Gasteiger partial charge in [0.15, 0.2) is 0 Å². The molecule has 0 radical (unpaired) electrons. The number of hydrogen-bond acceptors (Lipinski definition) is 5. The molecule has 3 aromatic rings. The second-order valence-electron chi connectivity index (χ2n) is 11.2. The van der Waals surface area contributed by atoms with Crippen molar-refractivity contribution in [2.75, 3.05) is 11.9 Å². The number of anilines is 2. The predicted molar refractivity (Wildman–Crippen MR) is 136 cm³/mol. The number of carbonyl (C=O) groups is 1. The lowest BCUT2D eigenvalue weighted by atomic mass is 9.76. The third kappa shape index (κ3) is 5.33. The van der Waals surface area contributed by atoms with Crippen molar-refractivity contribution >= 4 is 17.3 Å². The zero-order chi connectivity index (χ0) is 24.7. The molecule has 0 atom stereocenters. The van der Waals surface area contributed by atoms with Gasteiger partial charge in [0.2, 0.25) is 0 Å². The van der Waals surface area contributed by atoms with Crippen LogP contribution in [0.5, 0.6) is 0 Å². The number of aryl methyl sites for hydroxylation is 1. The number of primary amides is 1. The topological polar surface area (TPSA) is 103 Å². The average Bonchev–Trinajstić information content (AvgIpc) is 3.29. The van der Waals surface area contributed by atoms with Crippen LogP contribution in [0.3, 0.4) is 0 Å². The summed E-state index contributed by atoms with van der Waals surface area (Å²) in [6.07, 6.45) is 6.87. The van der Waals surface area contributed by atoms with Crippen LogP contribution in [-0.4, -0.2) is 37.6 Å². The molecule has 2 aromatic heterocycles. The number of carbonyl (C=O) groups excluding carboxylic acids is 1. The molecule has 1 aliphatic carbocycles. The van der Waals surface area contributed by atoms with Gasteiger partial charge in [-0.15, -0.1) is 0 Å². The van der Waals surface area contributed by atoms with Crippen molar-refractivity contribution in [1.82, 2.24) is 24.9 Å². The zero-order valence-electron chi connectivity index (χ0n) is 21.2. The second-order valence-corrected chi connectivity index (χ2v) is 11.2. The summed E-state index contributed by atoms with van der Waals surface area (Å²) in [5.74, 6) is -0.476.